The molecule has 0 bridgehead atoms. The van der Waals surface area contributed by atoms with Gasteiger partial charge in [-0.3, -0.25) is 9.36 Å². The van der Waals surface area contributed by atoms with Crippen molar-refractivity contribution in [1.82, 2.24) is 19.6 Å². The molecule has 0 aromatic carbocycles. The van der Waals surface area contributed by atoms with Crippen LogP contribution in [-0.4, -0.2) is 19.6 Å². The zero-order valence-corrected chi connectivity index (χ0v) is 12.0. The highest BCUT2D eigenvalue weighted by molar-refractivity contribution is 5.75. The lowest BCUT2D eigenvalue weighted by Gasteiger charge is -2.09. The number of aryl methyl sites for hydroxylation is 2. The molecule has 2 aromatic rings. The molecule has 0 spiro atoms. The second-order valence-electron chi connectivity index (χ2n) is 5.66. The number of nitrogen functional groups attached to an aromatic ring is 1. The van der Waals surface area contributed by atoms with Crippen molar-refractivity contribution in [1.29, 1.82) is 0 Å². The maximum atomic E-state index is 6.16. The molecule has 1 aliphatic rings. The summed E-state index contributed by atoms with van der Waals surface area (Å²) >= 11 is 0. The number of nitrogens with zero attached hydrogens (tertiary/aromatic N) is 4. The van der Waals surface area contributed by atoms with Gasteiger partial charge in [0.25, 0.3) is 0 Å². The molecule has 0 radical (unpaired) electrons. The second kappa shape index (κ2) is 4.11. The Balaban J connectivity index is 2.05. The quantitative estimate of drug-likeness (QED) is 0.921. The first-order valence-corrected chi connectivity index (χ1v) is 6.84. The van der Waals surface area contributed by atoms with E-state index in [1.807, 2.05) is 29.5 Å². The summed E-state index contributed by atoms with van der Waals surface area (Å²) in [6.45, 7) is 6.28. The highest BCUT2D eigenvalue weighted by Gasteiger charge is 2.30. The molecule has 1 atom stereocenters. The van der Waals surface area contributed by atoms with E-state index in [-0.39, 0.29) is 0 Å². The van der Waals surface area contributed by atoms with Crippen LogP contribution in [0.5, 0.6) is 0 Å². The predicted molar refractivity (Wildman–Crippen MR) is 75.8 cm³/mol. The number of anilines is 1. The molecular formula is C14H21N5. The van der Waals surface area contributed by atoms with E-state index in [0.29, 0.717) is 6.04 Å². The molecule has 0 saturated heterocycles. The highest BCUT2D eigenvalue weighted by atomic mass is 15.3. The van der Waals surface area contributed by atoms with Crippen molar-refractivity contribution in [2.45, 2.75) is 39.7 Å². The second-order valence-corrected chi connectivity index (χ2v) is 5.66. The van der Waals surface area contributed by atoms with Gasteiger partial charge in [-0.05, 0) is 39.5 Å². The molecule has 0 amide bonds. The summed E-state index contributed by atoms with van der Waals surface area (Å²) < 4.78 is 3.90. The van der Waals surface area contributed by atoms with Crippen LogP contribution in [0.25, 0.3) is 11.3 Å². The minimum Gasteiger partial charge on any atom is -0.396 e. The fraction of sp³-hybridized carbons (Fsp3) is 0.571. The normalized spacial score (nSPS) is 16.8. The average molecular weight is 259 g/mol. The lowest BCUT2D eigenvalue weighted by Crippen LogP contribution is -2.07. The summed E-state index contributed by atoms with van der Waals surface area (Å²) in [4.78, 5) is 0. The summed E-state index contributed by atoms with van der Waals surface area (Å²) in [5.74, 6) is 0.767. The van der Waals surface area contributed by atoms with Crippen molar-refractivity contribution in [3.8, 4) is 11.3 Å². The number of nitrogens with two attached hydrogens (primary N) is 1. The monoisotopic (exact) mass is 259 g/mol. The number of hydrogen-bond donors (Lipinski definition) is 1. The molecular weight excluding hydrogens is 238 g/mol. The maximum absolute atomic E-state index is 6.16. The Bertz CT molecular complexity index is 618. The third-order valence-electron chi connectivity index (χ3n) is 4.23. The van der Waals surface area contributed by atoms with Crippen molar-refractivity contribution in [2.24, 2.45) is 13.0 Å². The molecule has 102 valence electrons. The van der Waals surface area contributed by atoms with Crippen LogP contribution in [0.1, 0.15) is 37.2 Å². The van der Waals surface area contributed by atoms with Gasteiger partial charge in [-0.15, -0.1) is 0 Å². The Morgan fingerprint density at radius 2 is 2.00 bits per heavy atom. The molecule has 5 nitrogen and oxygen atoms in total. The maximum Gasteiger partial charge on any atom is 0.119 e. The minimum atomic E-state index is 0.438. The van der Waals surface area contributed by atoms with Crippen LogP contribution in [0.15, 0.2) is 6.20 Å². The van der Waals surface area contributed by atoms with Gasteiger partial charge in [-0.2, -0.15) is 10.2 Å². The van der Waals surface area contributed by atoms with Gasteiger partial charge in [-0.25, -0.2) is 0 Å². The summed E-state index contributed by atoms with van der Waals surface area (Å²) in [7, 11) is 1.95. The largest absolute Gasteiger partial charge is 0.396 e. The van der Waals surface area contributed by atoms with Crippen molar-refractivity contribution < 1.29 is 0 Å². The van der Waals surface area contributed by atoms with E-state index >= 15 is 0 Å². The van der Waals surface area contributed by atoms with Gasteiger partial charge in [0.05, 0.1) is 17.4 Å². The topological polar surface area (TPSA) is 61.7 Å². The SMILES string of the molecule is Cc1nn(C)c(C)c1-c1nn(C(C)C2CC2)cc1N. The van der Waals surface area contributed by atoms with Crippen LogP contribution >= 0.6 is 0 Å². The van der Waals surface area contributed by atoms with Crippen LogP contribution in [0.4, 0.5) is 5.69 Å². The van der Waals surface area contributed by atoms with E-state index in [0.717, 1.165) is 34.3 Å². The third-order valence-corrected chi connectivity index (χ3v) is 4.23. The zero-order chi connectivity index (χ0) is 13.7. The molecule has 1 saturated carbocycles. The van der Waals surface area contributed by atoms with Crippen LogP contribution in [0.3, 0.4) is 0 Å². The Kier molecular flexibility index (Phi) is 2.66. The average Bonchev–Trinajstić information content (AvgIpc) is 3.09. The fourth-order valence-corrected chi connectivity index (χ4v) is 2.72. The molecule has 5 heteroatoms. The van der Waals surface area contributed by atoms with Crippen LogP contribution in [0.2, 0.25) is 0 Å². The molecule has 1 fully saturated rings. The van der Waals surface area contributed by atoms with E-state index in [1.165, 1.54) is 12.8 Å². The summed E-state index contributed by atoms with van der Waals surface area (Å²) in [5.41, 5.74) is 10.9. The lowest BCUT2D eigenvalue weighted by molar-refractivity contribution is 0.441. The number of aromatic nitrogens is 4. The molecule has 2 heterocycles. The Morgan fingerprint density at radius 1 is 1.32 bits per heavy atom. The van der Waals surface area contributed by atoms with Gasteiger partial charge >= 0.3 is 0 Å². The molecule has 1 unspecified atom stereocenters. The molecule has 1 aliphatic carbocycles. The zero-order valence-electron chi connectivity index (χ0n) is 12.0. The van der Waals surface area contributed by atoms with Crippen LogP contribution in [0, 0.1) is 19.8 Å². The van der Waals surface area contributed by atoms with Gasteiger partial charge in [0.15, 0.2) is 0 Å². The Morgan fingerprint density at radius 3 is 2.53 bits per heavy atom. The first kappa shape index (κ1) is 12.3. The van der Waals surface area contributed by atoms with Gasteiger partial charge in [0, 0.05) is 24.5 Å². The molecule has 3 rings (SSSR count). The summed E-state index contributed by atoms with van der Waals surface area (Å²) in [5, 5.41) is 9.16. The summed E-state index contributed by atoms with van der Waals surface area (Å²) in [6.07, 6.45) is 4.58. The molecule has 2 aromatic heterocycles. The van der Waals surface area contributed by atoms with E-state index in [1.54, 1.807) is 0 Å². The number of rotatable bonds is 3. The molecule has 2 N–H and O–H groups in total. The van der Waals surface area contributed by atoms with Crippen molar-refractivity contribution in [2.75, 3.05) is 5.73 Å². The smallest absolute Gasteiger partial charge is 0.119 e. The highest BCUT2D eigenvalue weighted by Crippen LogP contribution is 2.40. The Hall–Kier alpha value is -1.78. The van der Waals surface area contributed by atoms with Crippen LogP contribution in [-0.2, 0) is 7.05 Å². The number of hydrogen-bond acceptors (Lipinski definition) is 3. The fourth-order valence-electron chi connectivity index (χ4n) is 2.72. The van der Waals surface area contributed by atoms with Gasteiger partial charge in [0.2, 0.25) is 0 Å². The summed E-state index contributed by atoms with van der Waals surface area (Å²) in [6, 6.07) is 0.438. The van der Waals surface area contributed by atoms with Crippen molar-refractivity contribution >= 4 is 5.69 Å². The minimum absolute atomic E-state index is 0.438. The van der Waals surface area contributed by atoms with Crippen LogP contribution < -0.4 is 5.73 Å². The van der Waals surface area contributed by atoms with Crippen molar-refractivity contribution in [3.05, 3.63) is 17.6 Å². The van der Waals surface area contributed by atoms with E-state index < -0.39 is 0 Å². The van der Waals surface area contributed by atoms with Gasteiger partial charge < -0.3 is 5.73 Å². The predicted octanol–water partition coefficient (Wildman–Crippen LogP) is 2.45. The Labute approximate surface area is 113 Å². The van der Waals surface area contributed by atoms with Gasteiger partial charge in [0.1, 0.15) is 5.69 Å². The van der Waals surface area contributed by atoms with Gasteiger partial charge in [-0.1, -0.05) is 0 Å². The molecule has 0 aliphatic heterocycles. The first-order valence-electron chi connectivity index (χ1n) is 6.84. The third kappa shape index (κ3) is 1.93. The van der Waals surface area contributed by atoms with Crippen molar-refractivity contribution in [3.63, 3.8) is 0 Å². The van der Waals surface area contributed by atoms with E-state index in [4.69, 9.17) is 10.8 Å². The van der Waals surface area contributed by atoms with E-state index in [2.05, 4.69) is 18.9 Å². The molecule has 19 heavy (non-hydrogen) atoms. The first-order chi connectivity index (χ1) is 8.99. The lowest BCUT2D eigenvalue weighted by atomic mass is 10.1. The standard InChI is InChI=1S/C14H21N5/c1-8-13(10(3)18(4)16-8)14-12(15)7-19(17-14)9(2)11-5-6-11/h7,9,11H,5-6,15H2,1-4H3. The van der Waals surface area contributed by atoms with E-state index in [9.17, 15) is 0 Å².